The first-order valence-corrected chi connectivity index (χ1v) is 7.33. The largest absolute Gasteiger partial charge is 0.358 e. The summed E-state index contributed by atoms with van der Waals surface area (Å²) < 4.78 is 0. The highest BCUT2D eigenvalue weighted by atomic mass is 16.2. The molecule has 0 aromatic heterocycles. The van der Waals surface area contributed by atoms with E-state index in [0.29, 0.717) is 18.4 Å². The molecule has 2 amide bonds. The van der Waals surface area contributed by atoms with Crippen LogP contribution in [0.1, 0.15) is 32.6 Å². The fourth-order valence-corrected chi connectivity index (χ4v) is 3.70. The van der Waals surface area contributed by atoms with E-state index in [9.17, 15) is 9.59 Å². The smallest absolute Gasteiger partial charge is 0.239 e. The normalized spacial score (nSPS) is 32.4. The minimum absolute atomic E-state index is 0.00436. The van der Waals surface area contributed by atoms with Crippen LogP contribution in [0, 0.1) is 17.8 Å². The Morgan fingerprint density at radius 2 is 2.00 bits per heavy atom. The van der Waals surface area contributed by atoms with Crippen LogP contribution in [0.5, 0.6) is 0 Å². The van der Waals surface area contributed by atoms with Crippen LogP contribution in [-0.2, 0) is 9.59 Å². The molecule has 2 aliphatic carbocycles. The molecule has 3 N–H and O–H groups in total. The maximum atomic E-state index is 12.7. The summed E-state index contributed by atoms with van der Waals surface area (Å²) in [5.41, 5.74) is 6.21. The maximum absolute atomic E-state index is 12.7. The Balaban J connectivity index is 2.04. The molecular weight excluding hydrogens is 242 g/mol. The molecule has 0 saturated heterocycles. The average molecular weight is 267 g/mol. The molecule has 4 atom stereocenters. The van der Waals surface area contributed by atoms with Gasteiger partial charge in [-0.2, -0.15) is 0 Å². The Labute approximate surface area is 114 Å². The van der Waals surface area contributed by atoms with E-state index in [1.165, 1.54) is 6.42 Å². The van der Waals surface area contributed by atoms with Gasteiger partial charge in [-0.1, -0.05) is 6.92 Å². The minimum Gasteiger partial charge on any atom is -0.358 e. The number of hydrogen-bond donors (Lipinski definition) is 2. The van der Waals surface area contributed by atoms with E-state index in [4.69, 9.17) is 5.73 Å². The summed E-state index contributed by atoms with van der Waals surface area (Å²) in [7, 11) is 1.60. The van der Waals surface area contributed by atoms with Crippen LogP contribution in [0.25, 0.3) is 0 Å². The summed E-state index contributed by atoms with van der Waals surface area (Å²) in [5, 5.41) is 2.58. The van der Waals surface area contributed by atoms with Crippen LogP contribution >= 0.6 is 0 Å². The van der Waals surface area contributed by atoms with Crippen LogP contribution in [0.4, 0.5) is 0 Å². The van der Waals surface area contributed by atoms with Crippen molar-refractivity contribution in [3.05, 3.63) is 0 Å². The highest BCUT2D eigenvalue weighted by Crippen LogP contribution is 2.48. The first-order valence-electron chi connectivity index (χ1n) is 7.33. The summed E-state index contributed by atoms with van der Waals surface area (Å²) in [6.45, 7) is 2.81. The van der Waals surface area contributed by atoms with Crippen LogP contribution in [0.3, 0.4) is 0 Å². The molecule has 4 unspecified atom stereocenters. The fraction of sp³-hybridized carbons (Fsp3) is 0.857. The number of nitrogens with zero attached hydrogens (tertiary/aromatic N) is 1. The number of nitrogens with two attached hydrogens (primary N) is 1. The first-order chi connectivity index (χ1) is 9.08. The van der Waals surface area contributed by atoms with Gasteiger partial charge in [0.2, 0.25) is 11.8 Å². The molecule has 2 saturated carbocycles. The third-order valence-corrected chi connectivity index (χ3v) is 4.68. The number of likely N-dealkylation sites (N-methyl/N-ethyl adjacent to an activating group) is 1. The Hall–Kier alpha value is -1.10. The van der Waals surface area contributed by atoms with Crippen LogP contribution in [-0.4, -0.2) is 42.9 Å². The van der Waals surface area contributed by atoms with Crippen molar-refractivity contribution in [2.75, 3.05) is 20.1 Å². The zero-order valence-corrected chi connectivity index (χ0v) is 11.9. The van der Waals surface area contributed by atoms with E-state index in [-0.39, 0.29) is 30.3 Å². The molecule has 0 aromatic carbocycles. The van der Waals surface area contributed by atoms with Crippen LogP contribution in [0.15, 0.2) is 0 Å². The first kappa shape index (κ1) is 14.3. The summed E-state index contributed by atoms with van der Waals surface area (Å²) in [5.74, 6) is 0.873. The average Bonchev–Trinajstić information content (AvgIpc) is 2.98. The zero-order chi connectivity index (χ0) is 14.0. The van der Waals surface area contributed by atoms with Crippen molar-refractivity contribution >= 4 is 11.8 Å². The van der Waals surface area contributed by atoms with Gasteiger partial charge in [0.15, 0.2) is 0 Å². The number of fused-ring (bicyclic) bond motifs is 2. The van der Waals surface area contributed by atoms with Gasteiger partial charge in [0, 0.05) is 19.6 Å². The molecular formula is C14H25N3O2. The van der Waals surface area contributed by atoms with Gasteiger partial charge in [-0.15, -0.1) is 0 Å². The SMILES string of the molecule is CCCN(CC(=O)NC)C(=O)C1C2CCC(C2)C1N. The number of hydrogen-bond acceptors (Lipinski definition) is 3. The Morgan fingerprint density at radius 3 is 2.53 bits per heavy atom. The number of carbonyl (C=O) groups excluding carboxylic acids is 2. The van der Waals surface area contributed by atoms with Crippen molar-refractivity contribution in [3.8, 4) is 0 Å². The second kappa shape index (κ2) is 5.90. The van der Waals surface area contributed by atoms with Gasteiger partial charge in [-0.25, -0.2) is 0 Å². The van der Waals surface area contributed by atoms with Gasteiger partial charge in [0.25, 0.3) is 0 Å². The quantitative estimate of drug-likeness (QED) is 0.754. The van der Waals surface area contributed by atoms with Gasteiger partial charge in [-0.3, -0.25) is 9.59 Å². The van der Waals surface area contributed by atoms with Crippen molar-refractivity contribution in [2.24, 2.45) is 23.5 Å². The molecule has 0 heterocycles. The van der Waals surface area contributed by atoms with Crippen molar-refractivity contribution < 1.29 is 9.59 Å². The van der Waals surface area contributed by atoms with Crippen LogP contribution < -0.4 is 11.1 Å². The lowest BCUT2D eigenvalue weighted by molar-refractivity contribution is -0.141. The minimum atomic E-state index is -0.112. The number of carbonyl (C=O) groups is 2. The number of rotatable bonds is 5. The molecule has 5 heteroatoms. The molecule has 2 bridgehead atoms. The van der Waals surface area contributed by atoms with E-state index in [1.807, 2.05) is 6.92 Å². The number of nitrogens with one attached hydrogen (secondary N) is 1. The molecule has 2 rings (SSSR count). The molecule has 0 spiro atoms. The van der Waals surface area contributed by atoms with Gasteiger partial charge < -0.3 is 16.0 Å². The standard InChI is InChI=1S/C14H25N3O2/c1-3-6-17(8-11(18)16-2)14(19)12-9-4-5-10(7-9)13(12)15/h9-10,12-13H,3-8,15H2,1-2H3,(H,16,18). The van der Waals surface area contributed by atoms with Crippen molar-refractivity contribution in [1.29, 1.82) is 0 Å². The summed E-state index contributed by atoms with van der Waals surface area (Å²) >= 11 is 0. The number of amides is 2. The Kier molecular flexibility index (Phi) is 4.45. The summed E-state index contributed by atoms with van der Waals surface area (Å²) in [4.78, 5) is 25.9. The molecule has 2 fully saturated rings. The lowest BCUT2D eigenvalue weighted by Gasteiger charge is -2.32. The second-order valence-electron chi connectivity index (χ2n) is 5.87. The van der Waals surface area contributed by atoms with Gasteiger partial charge >= 0.3 is 0 Å². The highest BCUT2D eigenvalue weighted by Gasteiger charge is 2.50. The predicted molar refractivity (Wildman–Crippen MR) is 73.2 cm³/mol. The molecule has 0 aromatic rings. The van der Waals surface area contributed by atoms with E-state index in [1.54, 1.807) is 11.9 Å². The molecule has 5 nitrogen and oxygen atoms in total. The third kappa shape index (κ3) is 2.76. The van der Waals surface area contributed by atoms with E-state index in [2.05, 4.69) is 5.32 Å². The third-order valence-electron chi connectivity index (χ3n) is 4.68. The second-order valence-corrected chi connectivity index (χ2v) is 5.87. The van der Waals surface area contributed by atoms with Crippen molar-refractivity contribution in [2.45, 2.75) is 38.6 Å². The molecule has 19 heavy (non-hydrogen) atoms. The topological polar surface area (TPSA) is 75.4 Å². The summed E-state index contributed by atoms with van der Waals surface area (Å²) in [6, 6.07) is -0.00436. The molecule has 0 aliphatic heterocycles. The monoisotopic (exact) mass is 267 g/mol. The summed E-state index contributed by atoms with van der Waals surface area (Å²) in [6.07, 6.45) is 4.24. The lowest BCUT2D eigenvalue weighted by atomic mass is 9.84. The molecule has 0 radical (unpaired) electrons. The van der Waals surface area contributed by atoms with E-state index >= 15 is 0 Å². The van der Waals surface area contributed by atoms with E-state index in [0.717, 1.165) is 19.3 Å². The lowest BCUT2D eigenvalue weighted by Crippen LogP contribution is -2.49. The van der Waals surface area contributed by atoms with Gasteiger partial charge in [0.05, 0.1) is 12.5 Å². The van der Waals surface area contributed by atoms with E-state index < -0.39 is 0 Å². The fourth-order valence-electron chi connectivity index (χ4n) is 3.70. The molecule has 108 valence electrons. The Morgan fingerprint density at radius 1 is 1.32 bits per heavy atom. The van der Waals surface area contributed by atoms with Crippen molar-refractivity contribution in [1.82, 2.24) is 10.2 Å². The maximum Gasteiger partial charge on any atom is 0.239 e. The van der Waals surface area contributed by atoms with Crippen LogP contribution in [0.2, 0.25) is 0 Å². The van der Waals surface area contributed by atoms with Gasteiger partial charge in [-0.05, 0) is 37.5 Å². The van der Waals surface area contributed by atoms with Crippen molar-refractivity contribution in [3.63, 3.8) is 0 Å². The highest BCUT2D eigenvalue weighted by molar-refractivity contribution is 5.86. The zero-order valence-electron chi connectivity index (χ0n) is 11.9. The van der Waals surface area contributed by atoms with Gasteiger partial charge in [0.1, 0.15) is 0 Å². The molecule has 2 aliphatic rings. The Bertz CT molecular complexity index is 357. The predicted octanol–water partition coefficient (Wildman–Crippen LogP) is 0.344.